The van der Waals surface area contributed by atoms with Gasteiger partial charge in [0.15, 0.2) is 11.2 Å². The van der Waals surface area contributed by atoms with Gasteiger partial charge >= 0.3 is 11.9 Å². The number of carboxylic acids is 2. The number of nitrogens with one attached hydrogen (secondary N) is 2. The molecule has 1 saturated heterocycles. The second-order valence-corrected chi connectivity index (χ2v) is 19.0. The van der Waals surface area contributed by atoms with Crippen LogP contribution in [0.3, 0.4) is 0 Å². The number of aromatic carboxylic acids is 2. The molecular formula is C60H48N5O13+. The summed E-state index contributed by atoms with van der Waals surface area (Å²) in [5.74, 6) is -4.57. The average Bonchev–Trinajstić information content (AvgIpc) is 3.87. The van der Waals surface area contributed by atoms with E-state index in [1.807, 2.05) is 74.1 Å². The van der Waals surface area contributed by atoms with Gasteiger partial charge in [-0.1, -0.05) is 36.9 Å². The van der Waals surface area contributed by atoms with Crippen molar-refractivity contribution in [2.75, 3.05) is 33.1 Å². The third kappa shape index (κ3) is 9.64. The van der Waals surface area contributed by atoms with Gasteiger partial charge in [0.2, 0.25) is 5.36 Å². The summed E-state index contributed by atoms with van der Waals surface area (Å²) < 4.78 is 14.6. The molecule has 18 nitrogen and oxygen atoms in total. The minimum Gasteiger partial charge on any atom is -0.507 e. The van der Waals surface area contributed by atoms with Crippen molar-refractivity contribution in [1.29, 1.82) is 0 Å². The maximum Gasteiger partial charge on any atom is 0.336 e. The predicted molar refractivity (Wildman–Crippen MR) is 290 cm³/mol. The maximum absolute atomic E-state index is 13.7. The number of anilines is 1. The molecular weight excluding hydrogens is 999 g/mol. The summed E-state index contributed by atoms with van der Waals surface area (Å²) >= 11 is 0. The van der Waals surface area contributed by atoms with Crippen molar-refractivity contribution < 1.29 is 57.8 Å². The fraction of sp³-hybridized carbons (Fsp3) is 0.133. The first-order chi connectivity index (χ1) is 37.3. The molecule has 18 heteroatoms. The summed E-state index contributed by atoms with van der Waals surface area (Å²) in [5, 5.41) is 40.5. The van der Waals surface area contributed by atoms with Crippen LogP contribution in [0.15, 0.2) is 148 Å². The Morgan fingerprint density at radius 1 is 0.641 bits per heavy atom. The van der Waals surface area contributed by atoms with Crippen molar-refractivity contribution in [3.8, 4) is 50.7 Å². The van der Waals surface area contributed by atoms with Crippen LogP contribution in [0.1, 0.15) is 71.0 Å². The molecule has 5 aromatic carbocycles. The van der Waals surface area contributed by atoms with Crippen molar-refractivity contribution in [3.05, 3.63) is 188 Å². The van der Waals surface area contributed by atoms with Gasteiger partial charge in [-0.25, -0.2) is 14.2 Å². The van der Waals surface area contributed by atoms with Crippen LogP contribution in [-0.2, 0) is 27.5 Å². The molecule has 5 aliphatic rings. The number of amides is 4. The molecule has 390 valence electrons. The van der Waals surface area contributed by atoms with Crippen molar-refractivity contribution in [2.45, 2.75) is 25.9 Å². The Labute approximate surface area is 443 Å². The number of rotatable bonds is 14. The normalized spacial score (nSPS) is 12.3. The van der Waals surface area contributed by atoms with E-state index >= 15 is 0 Å². The third-order valence-corrected chi connectivity index (χ3v) is 13.6. The predicted octanol–water partition coefficient (Wildman–Crippen LogP) is 8.19. The van der Waals surface area contributed by atoms with E-state index in [1.54, 1.807) is 36.4 Å². The fourth-order valence-electron chi connectivity index (χ4n) is 9.50. The number of fused-ring (bicyclic) bond motifs is 4. The summed E-state index contributed by atoms with van der Waals surface area (Å²) in [5.41, 5.74) is 4.63. The third-order valence-electron chi connectivity index (χ3n) is 13.6. The summed E-state index contributed by atoms with van der Waals surface area (Å²) in [7, 11) is 7.66. The van der Waals surface area contributed by atoms with E-state index in [0.717, 1.165) is 11.0 Å². The number of nitrogens with zero attached hydrogens (tertiary/aromatic N) is 3. The molecule has 10 rings (SSSR count). The van der Waals surface area contributed by atoms with Crippen LogP contribution < -0.4 is 30.9 Å². The molecule has 0 spiro atoms. The number of carbonyl (C=O) groups excluding carboxylic acids is 4. The quantitative estimate of drug-likeness (QED) is 0.0298. The van der Waals surface area contributed by atoms with Crippen molar-refractivity contribution in [3.63, 3.8) is 0 Å². The Bertz CT molecular complexity index is 4100. The van der Waals surface area contributed by atoms with E-state index in [2.05, 4.69) is 17.2 Å². The van der Waals surface area contributed by atoms with E-state index < -0.39 is 41.0 Å². The van der Waals surface area contributed by atoms with Crippen LogP contribution in [0.4, 0.5) is 5.69 Å². The molecule has 0 saturated carbocycles. The largest absolute Gasteiger partial charge is 0.507 e. The molecule has 0 atom stereocenters. The summed E-state index contributed by atoms with van der Waals surface area (Å²) in [6, 6.07) is 33.5. The number of phenols is 1. The maximum atomic E-state index is 13.7. The Balaban J connectivity index is 0.877. The molecule has 78 heavy (non-hydrogen) atoms. The molecule has 0 unspecified atom stereocenters. The van der Waals surface area contributed by atoms with Crippen LogP contribution in [0, 0.1) is 0 Å². The van der Waals surface area contributed by atoms with Crippen LogP contribution in [-0.4, -0.2) is 84.1 Å². The molecule has 5 N–H and O–H groups in total. The van der Waals surface area contributed by atoms with Gasteiger partial charge in [0, 0.05) is 107 Å². The zero-order valence-corrected chi connectivity index (χ0v) is 42.4. The Hall–Kier alpha value is -10.4. The molecule has 3 aliphatic heterocycles. The van der Waals surface area contributed by atoms with Crippen LogP contribution >= 0.6 is 0 Å². The Morgan fingerprint density at radius 3 is 1.86 bits per heavy atom. The molecule has 4 amide bonds. The zero-order chi connectivity index (χ0) is 55.3. The molecule has 2 aliphatic carbocycles. The van der Waals surface area contributed by atoms with Crippen LogP contribution in [0.5, 0.6) is 5.75 Å². The zero-order valence-electron chi connectivity index (χ0n) is 42.4. The first-order valence-electron chi connectivity index (χ1n) is 24.4. The lowest BCUT2D eigenvalue weighted by atomic mass is 9.89. The van der Waals surface area contributed by atoms with Crippen molar-refractivity contribution >= 4 is 69.0 Å². The lowest BCUT2D eigenvalue weighted by molar-refractivity contribution is -0.169. The highest BCUT2D eigenvalue weighted by Crippen LogP contribution is 2.45. The van der Waals surface area contributed by atoms with Gasteiger partial charge in [-0.15, -0.1) is 5.06 Å². The van der Waals surface area contributed by atoms with Crippen molar-refractivity contribution in [2.24, 2.45) is 0 Å². The summed E-state index contributed by atoms with van der Waals surface area (Å²) in [6.07, 6.45) is -0.0665. The number of benzene rings is 7. The lowest BCUT2D eigenvalue weighted by Crippen LogP contribution is -2.28. The molecule has 5 aromatic rings. The van der Waals surface area contributed by atoms with Gasteiger partial charge in [0.1, 0.15) is 42.5 Å². The summed E-state index contributed by atoms with van der Waals surface area (Å²) in [6.45, 7) is 3.56. The Kier molecular flexibility index (Phi) is 13.4. The van der Waals surface area contributed by atoms with E-state index in [1.165, 1.54) is 54.6 Å². The number of aromatic hydroxyl groups is 1. The topological polar surface area (TPSA) is 249 Å². The SMILES string of the molecule is C=C(ON1C(=O)CCC1=O)c1ccc(-c2c3ccc(=O)cc-3oc3c(CNC(=O)c4ccc(CNC(=O)c5ccc(-c6c7ccc(=[N+](C)C)cc-7oc7cc(N(C)C)ccc67)c(C(=O)O)c5)cc4)c(O)ccc23)c(C(=O)O)c1. The number of carbonyl (C=O) groups is 6. The van der Waals surface area contributed by atoms with E-state index in [9.17, 15) is 48.9 Å². The van der Waals surface area contributed by atoms with Crippen molar-refractivity contribution in [1.82, 2.24) is 20.3 Å². The van der Waals surface area contributed by atoms with Gasteiger partial charge in [0.25, 0.3) is 23.6 Å². The number of hydrogen-bond acceptors (Lipinski definition) is 12. The summed E-state index contributed by atoms with van der Waals surface area (Å²) in [4.78, 5) is 97.7. The van der Waals surface area contributed by atoms with Crippen LogP contribution in [0.2, 0.25) is 0 Å². The monoisotopic (exact) mass is 1050 g/mol. The average molecular weight is 1050 g/mol. The number of carboxylic acid groups (broad SMARTS) is 2. The smallest absolute Gasteiger partial charge is 0.336 e. The molecule has 3 heterocycles. The van der Waals surface area contributed by atoms with E-state index in [0.29, 0.717) is 60.6 Å². The second-order valence-electron chi connectivity index (χ2n) is 19.0. The number of imide groups is 1. The van der Waals surface area contributed by atoms with E-state index in [4.69, 9.17) is 13.7 Å². The minimum absolute atomic E-state index is 0.0327. The highest BCUT2D eigenvalue weighted by molar-refractivity contribution is 6.11. The fourth-order valence-corrected chi connectivity index (χ4v) is 9.50. The van der Waals surface area contributed by atoms with Gasteiger partial charge in [0.05, 0.1) is 29.3 Å². The number of phenolic OH excluding ortho intramolecular Hbond substituents is 1. The molecule has 0 bridgehead atoms. The second kappa shape index (κ2) is 20.4. The lowest BCUT2D eigenvalue weighted by Gasteiger charge is -2.20. The number of hydrogen-bond donors (Lipinski definition) is 5. The number of hydroxylamine groups is 2. The molecule has 0 aromatic heterocycles. The highest BCUT2D eigenvalue weighted by atomic mass is 16.7. The van der Waals surface area contributed by atoms with E-state index in [-0.39, 0.29) is 87.7 Å². The first kappa shape index (κ1) is 51.1. The van der Waals surface area contributed by atoms with Gasteiger partial charge in [-0.2, -0.15) is 0 Å². The highest BCUT2D eigenvalue weighted by Gasteiger charge is 2.33. The van der Waals surface area contributed by atoms with Gasteiger partial charge in [-0.3, -0.25) is 24.0 Å². The van der Waals surface area contributed by atoms with Gasteiger partial charge in [-0.05, 0) is 89.5 Å². The first-order valence-corrected chi connectivity index (χ1v) is 24.4. The molecule has 1 fully saturated rings. The molecule has 0 radical (unpaired) electrons. The minimum atomic E-state index is -1.35. The standard InChI is InChI=1S/C60H47N5O13/c1-31(78-65-52(68)22-23-53(65)69)34-10-15-40(45(24-34)59(72)73)55-43-19-14-38(66)28-51(43)77-56-44(55)20-21-48(67)47(56)30-62-57(70)33-8-6-32(7-9-33)29-61-58(71)35-11-16-39(46(25-35)60(74)75)54-41-17-12-36(63(2)3)26-49(41)76-50-27-37(64(4)5)13-18-42(50)54/h6-21,24-28H,1,22-23,29-30H2,2-5H3,(H4-,61,62,66,67,70,71,72,73,74,75)/p+1. The van der Waals surface area contributed by atoms with Crippen LogP contribution in [0.25, 0.3) is 72.6 Å². The van der Waals surface area contributed by atoms with Gasteiger partial charge < -0.3 is 44.5 Å². The Morgan fingerprint density at radius 2 is 1.21 bits per heavy atom.